The van der Waals surface area contributed by atoms with E-state index < -0.39 is 11.9 Å². The molecule has 1 aliphatic rings. The van der Waals surface area contributed by atoms with Crippen molar-refractivity contribution in [2.24, 2.45) is 0 Å². The first-order valence-corrected chi connectivity index (χ1v) is 4.96. The first-order valence-electron chi connectivity index (χ1n) is 4.96. The summed E-state index contributed by atoms with van der Waals surface area (Å²) in [7, 11) is 0. The van der Waals surface area contributed by atoms with Crippen LogP contribution in [0.4, 0.5) is 0 Å². The quantitative estimate of drug-likeness (QED) is 0.623. The molecule has 0 aliphatic carbocycles. The van der Waals surface area contributed by atoms with Crippen LogP contribution in [0.1, 0.15) is 12.8 Å². The average molecular weight is 216 g/mol. The second-order valence-corrected chi connectivity index (χ2v) is 3.66. The van der Waals surface area contributed by atoms with Crippen LogP contribution >= 0.6 is 0 Å². The molecule has 86 valence electrons. The molecule has 6 heteroatoms. The first-order chi connectivity index (χ1) is 7.08. The van der Waals surface area contributed by atoms with Gasteiger partial charge in [-0.15, -0.1) is 0 Å². The number of carbonyl (C=O) groups is 2. The molecule has 0 aromatic heterocycles. The molecule has 6 nitrogen and oxygen atoms in total. The maximum atomic E-state index is 10.3. The highest BCUT2D eigenvalue weighted by Crippen LogP contribution is 2.05. The number of hydrogen-bond acceptors (Lipinski definition) is 4. The molecule has 0 spiro atoms. The Morgan fingerprint density at radius 3 is 1.67 bits per heavy atom. The van der Waals surface area contributed by atoms with Gasteiger partial charge in [-0.05, 0) is 0 Å². The van der Waals surface area contributed by atoms with E-state index in [9.17, 15) is 9.59 Å². The summed E-state index contributed by atoms with van der Waals surface area (Å²) < 4.78 is 0. The van der Waals surface area contributed by atoms with Gasteiger partial charge in [0.05, 0.1) is 19.5 Å². The molecule has 2 N–H and O–H groups in total. The smallest absolute Gasteiger partial charge is 0.304 e. The fourth-order valence-electron chi connectivity index (χ4n) is 1.58. The zero-order valence-electron chi connectivity index (χ0n) is 8.56. The van der Waals surface area contributed by atoms with E-state index in [1.807, 2.05) is 9.80 Å². The Balaban J connectivity index is 2.15. The van der Waals surface area contributed by atoms with Crippen LogP contribution in [0.2, 0.25) is 0 Å². The Bertz CT molecular complexity index is 220. The normalized spacial score (nSPS) is 18.1. The average Bonchev–Trinajstić information content (AvgIpc) is 2.59. The number of aliphatic carboxylic acids is 2. The molecule has 1 heterocycles. The van der Waals surface area contributed by atoms with Crippen molar-refractivity contribution in [3.8, 4) is 0 Å². The molecular weight excluding hydrogens is 200 g/mol. The Hall–Kier alpha value is -1.14. The second kappa shape index (κ2) is 5.67. The van der Waals surface area contributed by atoms with Gasteiger partial charge in [0.2, 0.25) is 0 Å². The zero-order chi connectivity index (χ0) is 11.3. The molecule has 15 heavy (non-hydrogen) atoms. The van der Waals surface area contributed by atoms with Crippen LogP contribution in [0.15, 0.2) is 0 Å². The van der Waals surface area contributed by atoms with E-state index in [1.54, 1.807) is 0 Å². The Morgan fingerprint density at radius 1 is 0.933 bits per heavy atom. The van der Waals surface area contributed by atoms with E-state index >= 15 is 0 Å². The Labute approximate surface area is 88.1 Å². The summed E-state index contributed by atoms with van der Waals surface area (Å²) in [5.41, 5.74) is 0. The highest BCUT2D eigenvalue weighted by molar-refractivity contribution is 5.67. The van der Waals surface area contributed by atoms with Crippen LogP contribution in [0.25, 0.3) is 0 Å². The van der Waals surface area contributed by atoms with Crippen molar-refractivity contribution in [2.45, 2.75) is 12.8 Å². The Morgan fingerprint density at radius 2 is 1.33 bits per heavy atom. The van der Waals surface area contributed by atoms with Crippen LogP contribution in [0, 0.1) is 0 Å². The summed E-state index contributed by atoms with van der Waals surface area (Å²) in [5, 5.41) is 17.0. The summed E-state index contributed by atoms with van der Waals surface area (Å²) in [6, 6.07) is 0. The summed E-state index contributed by atoms with van der Waals surface area (Å²) >= 11 is 0. The maximum absolute atomic E-state index is 10.3. The topological polar surface area (TPSA) is 81.1 Å². The lowest BCUT2D eigenvalue weighted by Gasteiger charge is -2.16. The molecular formula is C9H16N2O4. The monoisotopic (exact) mass is 216 g/mol. The molecule has 0 aromatic rings. The summed E-state index contributed by atoms with van der Waals surface area (Å²) in [4.78, 5) is 24.7. The van der Waals surface area contributed by atoms with E-state index in [1.165, 1.54) is 0 Å². The third-order valence-electron chi connectivity index (χ3n) is 2.42. The number of nitrogens with zero attached hydrogens (tertiary/aromatic N) is 2. The van der Waals surface area contributed by atoms with Gasteiger partial charge in [-0.2, -0.15) is 0 Å². The van der Waals surface area contributed by atoms with E-state index in [-0.39, 0.29) is 12.8 Å². The van der Waals surface area contributed by atoms with Gasteiger partial charge in [-0.25, -0.2) is 0 Å². The van der Waals surface area contributed by atoms with Crippen LogP contribution in [-0.2, 0) is 9.59 Å². The third kappa shape index (κ3) is 4.75. The number of carboxylic acids is 2. The lowest BCUT2D eigenvalue weighted by molar-refractivity contribution is -0.138. The minimum Gasteiger partial charge on any atom is -0.481 e. The molecule has 1 rings (SSSR count). The van der Waals surface area contributed by atoms with E-state index in [0.29, 0.717) is 19.8 Å². The summed E-state index contributed by atoms with van der Waals surface area (Å²) in [6.07, 6.45) is 0.291. The Kier molecular flexibility index (Phi) is 4.51. The van der Waals surface area contributed by atoms with Gasteiger partial charge in [0.25, 0.3) is 0 Å². The molecule has 0 bridgehead atoms. The van der Waals surface area contributed by atoms with Gasteiger partial charge in [0.1, 0.15) is 0 Å². The second-order valence-electron chi connectivity index (χ2n) is 3.66. The van der Waals surface area contributed by atoms with Crippen LogP contribution < -0.4 is 0 Å². The first kappa shape index (κ1) is 11.9. The predicted molar refractivity (Wildman–Crippen MR) is 52.5 cm³/mol. The molecule has 1 fully saturated rings. The minimum atomic E-state index is -0.793. The van der Waals surface area contributed by atoms with Crippen LogP contribution in [0.5, 0.6) is 0 Å². The van der Waals surface area contributed by atoms with Gasteiger partial charge < -0.3 is 10.2 Å². The molecule has 0 unspecified atom stereocenters. The van der Waals surface area contributed by atoms with Gasteiger partial charge >= 0.3 is 11.9 Å². The molecule has 1 aliphatic heterocycles. The molecule has 0 radical (unpaired) electrons. The SMILES string of the molecule is O=C(O)CCN1CCN(CCC(=O)O)C1. The highest BCUT2D eigenvalue weighted by atomic mass is 16.4. The van der Waals surface area contributed by atoms with Gasteiger partial charge in [-0.3, -0.25) is 19.4 Å². The highest BCUT2D eigenvalue weighted by Gasteiger charge is 2.20. The molecule has 0 saturated carbocycles. The fourth-order valence-corrected chi connectivity index (χ4v) is 1.58. The zero-order valence-corrected chi connectivity index (χ0v) is 8.56. The van der Waals surface area contributed by atoms with Gasteiger partial charge in [0.15, 0.2) is 0 Å². The van der Waals surface area contributed by atoms with E-state index in [0.717, 1.165) is 13.1 Å². The van der Waals surface area contributed by atoms with Crippen molar-refractivity contribution in [3.05, 3.63) is 0 Å². The van der Waals surface area contributed by atoms with Crippen LogP contribution in [-0.4, -0.2) is 64.8 Å². The molecule has 0 atom stereocenters. The van der Waals surface area contributed by atoms with Crippen molar-refractivity contribution in [2.75, 3.05) is 32.8 Å². The maximum Gasteiger partial charge on any atom is 0.304 e. The fraction of sp³-hybridized carbons (Fsp3) is 0.778. The molecule has 0 aromatic carbocycles. The van der Waals surface area contributed by atoms with Crippen molar-refractivity contribution in [3.63, 3.8) is 0 Å². The van der Waals surface area contributed by atoms with Gasteiger partial charge in [-0.1, -0.05) is 0 Å². The third-order valence-corrected chi connectivity index (χ3v) is 2.42. The summed E-state index contributed by atoms with van der Waals surface area (Å²) in [6.45, 7) is 3.41. The van der Waals surface area contributed by atoms with E-state index in [2.05, 4.69) is 0 Å². The largest absolute Gasteiger partial charge is 0.481 e. The number of hydrogen-bond donors (Lipinski definition) is 2. The van der Waals surface area contributed by atoms with Crippen molar-refractivity contribution < 1.29 is 19.8 Å². The molecule has 1 saturated heterocycles. The van der Waals surface area contributed by atoms with Crippen molar-refractivity contribution in [1.82, 2.24) is 9.80 Å². The number of rotatable bonds is 6. The van der Waals surface area contributed by atoms with Crippen molar-refractivity contribution in [1.29, 1.82) is 0 Å². The lowest BCUT2D eigenvalue weighted by atomic mass is 10.4. The lowest BCUT2D eigenvalue weighted by Crippen LogP contribution is -2.28. The number of carboxylic acid groups (broad SMARTS) is 2. The minimum absolute atomic E-state index is 0.146. The van der Waals surface area contributed by atoms with Crippen molar-refractivity contribution >= 4 is 11.9 Å². The van der Waals surface area contributed by atoms with Gasteiger partial charge in [0, 0.05) is 26.2 Å². The standard InChI is InChI=1S/C9H16N2O4/c12-8(13)1-3-10-5-6-11(7-10)4-2-9(14)15/h1-7H2,(H,12,13)(H,14,15). The summed E-state index contributed by atoms with van der Waals surface area (Å²) in [5.74, 6) is -1.59. The van der Waals surface area contributed by atoms with Crippen LogP contribution in [0.3, 0.4) is 0 Å². The predicted octanol–water partition coefficient (Wildman–Crippen LogP) is -0.489. The van der Waals surface area contributed by atoms with E-state index in [4.69, 9.17) is 10.2 Å². The molecule has 0 amide bonds.